The fourth-order valence-corrected chi connectivity index (χ4v) is 4.51. The Morgan fingerprint density at radius 3 is 2.32 bits per heavy atom. The number of aromatic nitrogens is 1. The van der Waals surface area contributed by atoms with E-state index in [2.05, 4.69) is 34.9 Å². The van der Waals surface area contributed by atoms with Crippen molar-refractivity contribution in [1.82, 2.24) is 14.4 Å². The van der Waals surface area contributed by atoms with Crippen LogP contribution in [0, 0.1) is 0 Å². The van der Waals surface area contributed by atoms with Crippen LogP contribution in [0.2, 0.25) is 0 Å². The minimum absolute atomic E-state index is 0.0122. The number of fused-ring (bicyclic) bond motifs is 1. The molecule has 1 aromatic heterocycles. The summed E-state index contributed by atoms with van der Waals surface area (Å²) in [6.07, 6.45) is 1.55. The summed E-state index contributed by atoms with van der Waals surface area (Å²) >= 11 is 0. The van der Waals surface area contributed by atoms with Crippen molar-refractivity contribution in [2.45, 2.75) is 33.2 Å². The Morgan fingerprint density at radius 2 is 1.62 bits per heavy atom. The summed E-state index contributed by atoms with van der Waals surface area (Å²) in [4.78, 5) is 29.2. The first-order valence-corrected chi connectivity index (χ1v) is 12.1. The van der Waals surface area contributed by atoms with Crippen LogP contribution in [-0.2, 0) is 17.7 Å². The minimum atomic E-state index is -0.314. The molecule has 1 aliphatic rings. The van der Waals surface area contributed by atoms with Crippen LogP contribution in [0.3, 0.4) is 0 Å². The Labute approximate surface area is 200 Å². The molecule has 7 nitrogen and oxygen atoms in total. The van der Waals surface area contributed by atoms with Gasteiger partial charge in [0.05, 0.1) is 18.7 Å². The van der Waals surface area contributed by atoms with Gasteiger partial charge in [0, 0.05) is 38.1 Å². The van der Waals surface area contributed by atoms with E-state index >= 15 is 0 Å². The second-order valence-electron chi connectivity index (χ2n) is 8.37. The average Bonchev–Trinajstić information content (AvgIpc) is 3.24. The summed E-state index contributed by atoms with van der Waals surface area (Å²) in [5, 5.41) is 0.956. The maximum Gasteiger partial charge on any atom is 0.409 e. The average molecular weight is 464 g/mol. The van der Waals surface area contributed by atoms with Gasteiger partial charge in [-0.2, -0.15) is 0 Å². The highest BCUT2D eigenvalue weighted by Crippen LogP contribution is 2.30. The molecule has 0 unspecified atom stereocenters. The van der Waals surface area contributed by atoms with Gasteiger partial charge in [-0.1, -0.05) is 36.4 Å². The highest BCUT2D eigenvalue weighted by Gasteiger charge is 2.28. The number of ether oxygens (including phenoxy) is 2. The van der Waals surface area contributed by atoms with Gasteiger partial charge in [-0.3, -0.25) is 4.79 Å². The minimum Gasteiger partial charge on any atom is -0.493 e. The second kappa shape index (κ2) is 11.1. The molecule has 1 fully saturated rings. The Balaban J connectivity index is 1.56. The molecule has 1 aliphatic heterocycles. The first-order valence-electron chi connectivity index (χ1n) is 12.1. The van der Waals surface area contributed by atoms with Gasteiger partial charge in [-0.25, -0.2) is 4.79 Å². The molecule has 0 saturated carbocycles. The Hall–Kier alpha value is -3.48. The summed E-state index contributed by atoms with van der Waals surface area (Å²) in [5.41, 5.74) is 2.96. The van der Waals surface area contributed by atoms with E-state index in [4.69, 9.17) is 9.47 Å². The molecule has 0 bridgehead atoms. The molecule has 180 valence electrons. The maximum atomic E-state index is 13.6. The maximum absolute atomic E-state index is 13.6. The zero-order valence-electron chi connectivity index (χ0n) is 20.0. The molecule has 2 aromatic carbocycles. The highest BCUT2D eigenvalue weighted by atomic mass is 16.6. The molecule has 2 heterocycles. The number of aryl methyl sites for hydroxylation is 2. The van der Waals surface area contributed by atoms with Crippen LogP contribution in [0.15, 0.2) is 54.6 Å². The van der Waals surface area contributed by atoms with Crippen molar-refractivity contribution >= 4 is 22.9 Å². The van der Waals surface area contributed by atoms with E-state index in [0.717, 1.165) is 36.0 Å². The van der Waals surface area contributed by atoms with E-state index in [-0.39, 0.29) is 12.0 Å². The van der Waals surface area contributed by atoms with Gasteiger partial charge in [0.15, 0.2) is 0 Å². The lowest BCUT2D eigenvalue weighted by atomic mass is 10.1. The van der Waals surface area contributed by atoms with E-state index in [1.165, 1.54) is 5.56 Å². The van der Waals surface area contributed by atoms with Gasteiger partial charge < -0.3 is 23.8 Å². The third-order valence-electron chi connectivity index (χ3n) is 6.21. The van der Waals surface area contributed by atoms with Crippen LogP contribution < -0.4 is 4.74 Å². The molecule has 1 saturated heterocycles. The van der Waals surface area contributed by atoms with Gasteiger partial charge >= 0.3 is 6.09 Å². The van der Waals surface area contributed by atoms with Crippen molar-refractivity contribution in [1.29, 1.82) is 0 Å². The topological polar surface area (TPSA) is 64.0 Å². The van der Waals surface area contributed by atoms with Crippen LogP contribution in [0.5, 0.6) is 5.75 Å². The van der Waals surface area contributed by atoms with Crippen molar-refractivity contribution in [3.05, 3.63) is 65.9 Å². The zero-order valence-corrected chi connectivity index (χ0v) is 20.0. The number of hydrogen-bond acceptors (Lipinski definition) is 4. The molecular weight excluding hydrogens is 430 g/mol. The first kappa shape index (κ1) is 23.7. The summed E-state index contributed by atoms with van der Waals surface area (Å²) in [7, 11) is 0. The molecule has 2 amide bonds. The molecule has 34 heavy (non-hydrogen) atoms. The summed E-state index contributed by atoms with van der Waals surface area (Å²) in [6.45, 7) is 7.34. The van der Waals surface area contributed by atoms with E-state index in [0.29, 0.717) is 45.1 Å². The summed E-state index contributed by atoms with van der Waals surface area (Å²) < 4.78 is 13.1. The normalized spacial score (nSPS) is 13.8. The van der Waals surface area contributed by atoms with Crippen molar-refractivity contribution in [2.24, 2.45) is 0 Å². The number of nitrogens with zero attached hydrogens (tertiary/aromatic N) is 3. The van der Waals surface area contributed by atoms with Crippen molar-refractivity contribution < 1.29 is 19.1 Å². The number of benzene rings is 2. The molecule has 0 N–H and O–H groups in total. The molecule has 3 aromatic rings. The lowest BCUT2D eigenvalue weighted by molar-refractivity contribution is 0.0562. The third kappa shape index (κ3) is 5.19. The van der Waals surface area contributed by atoms with E-state index < -0.39 is 0 Å². The van der Waals surface area contributed by atoms with Crippen molar-refractivity contribution in [3.63, 3.8) is 0 Å². The Morgan fingerprint density at radius 1 is 0.882 bits per heavy atom. The highest BCUT2D eigenvalue weighted by molar-refractivity contribution is 6.00. The number of rotatable bonds is 8. The van der Waals surface area contributed by atoms with Gasteiger partial charge in [-0.15, -0.1) is 0 Å². The van der Waals surface area contributed by atoms with Gasteiger partial charge in [0.1, 0.15) is 11.4 Å². The molecule has 0 spiro atoms. The van der Waals surface area contributed by atoms with Gasteiger partial charge in [0.2, 0.25) is 0 Å². The standard InChI is InChI=1S/C27H33N3O4/c1-3-33-25-14-8-13-23-22(25)20-24(30(23)15-9-12-21-10-6-5-7-11-21)26(31)28-16-18-29(19-17-28)27(32)34-4-2/h5-8,10-11,13-14,20H,3-4,9,12,15-19H2,1-2H3. The smallest absolute Gasteiger partial charge is 0.409 e. The Kier molecular flexibility index (Phi) is 7.72. The largest absolute Gasteiger partial charge is 0.493 e. The molecule has 7 heteroatoms. The number of carbonyl (C=O) groups is 2. The number of piperazine rings is 1. The van der Waals surface area contributed by atoms with Crippen LogP contribution in [-0.4, -0.2) is 65.8 Å². The molecule has 0 radical (unpaired) electrons. The predicted molar refractivity (Wildman–Crippen MR) is 132 cm³/mol. The van der Waals surface area contributed by atoms with Crippen LogP contribution >= 0.6 is 0 Å². The molecule has 0 aliphatic carbocycles. The summed E-state index contributed by atoms with van der Waals surface area (Å²) in [5.74, 6) is 0.782. The summed E-state index contributed by atoms with van der Waals surface area (Å²) in [6, 6.07) is 18.3. The zero-order chi connectivity index (χ0) is 23.9. The first-order chi connectivity index (χ1) is 16.6. The molecular formula is C27H33N3O4. The predicted octanol–water partition coefficient (Wildman–Crippen LogP) is 4.59. The van der Waals surface area contributed by atoms with Crippen LogP contribution in [0.25, 0.3) is 10.9 Å². The fraction of sp³-hybridized carbons (Fsp3) is 0.407. The quantitative estimate of drug-likeness (QED) is 0.490. The number of carbonyl (C=O) groups excluding carboxylic acids is 2. The molecule has 4 rings (SSSR count). The third-order valence-corrected chi connectivity index (χ3v) is 6.21. The number of amides is 2. The second-order valence-corrected chi connectivity index (χ2v) is 8.37. The Bertz CT molecular complexity index is 1120. The van der Waals surface area contributed by atoms with Crippen molar-refractivity contribution in [3.8, 4) is 5.75 Å². The van der Waals surface area contributed by atoms with Crippen LogP contribution in [0.4, 0.5) is 4.79 Å². The van der Waals surface area contributed by atoms with E-state index in [1.54, 1.807) is 11.8 Å². The lowest BCUT2D eigenvalue weighted by Crippen LogP contribution is -2.51. The number of hydrogen-bond donors (Lipinski definition) is 0. The lowest BCUT2D eigenvalue weighted by Gasteiger charge is -2.34. The molecule has 0 atom stereocenters. The van der Waals surface area contributed by atoms with E-state index in [1.807, 2.05) is 36.1 Å². The van der Waals surface area contributed by atoms with Gasteiger partial charge in [0.25, 0.3) is 5.91 Å². The monoisotopic (exact) mass is 463 g/mol. The van der Waals surface area contributed by atoms with Gasteiger partial charge in [-0.05, 0) is 50.5 Å². The fourth-order valence-electron chi connectivity index (χ4n) is 4.51. The SMILES string of the molecule is CCOC(=O)N1CCN(C(=O)c2cc3c(OCC)cccc3n2CCCc2ccccc2)CC1. The van der Waals surface area contributed by atoms with Crippen molar-refractivity contribution in [2.75, 3.05) is 39.4 Å². The van der Waals surface area contributed by atoms with E-state index in [9.17, 15) is 9.59 Å². The van der Waals surface area contributed by atoms with Crippen LogP contribution in [0.1, 0.15) is 36.3 Å².